The fourth-order valence-electron chi connectivity index (χ4n) is 2.07. The highest BCUT2D eigenvalue weighted by molar-refractivity contribution is 6.30. The summed E-state index contributed by atoms with van der Waals surface area (Å²) in [6.07, 6.45) is 0.884. The van der Waals surface area contributed by atoms with Gasteiger partial charge in [0, 0.05) is 16.8 Å². The van der Waals surface area contributed by atoms with Crippen LogP contribution in [-0.2, 0) is 0 Å². The Labute approximate surface area is 123 Å². The number of halogens is 2. The molecule has 0 saturated heterocycles. The number of hydrogen-bond donors (Lipinski definition) is 1. The molecule has 0 aliphatic carbocycles. The van der Waals surface area contributed by atoms with E-state index in [0.29, 0.717) is 5.02 Å². The van der Waals surface area contributed by atoms with Gasteiger partial charge in [-0.05, 0) is 36.2 Å². The Morgan fingerprint density at radius 2 is 1.90 bits per heavy atom. The van der Waals surface area contributed by atoms with Gasteiger partial charge in [0.1, 0.15) is 0 Å². The van der Waals surface area contributed by atoms with Crippen molar-refractivity contribution in [3.05, 3.63) is 58.9 Å². The summed E-state index contributed by atoms with van der Waals surface area (Å²) >= 11 is 5.89. The zero-order valence-electron chi connectivity index (χ0n) is 11.5. The standard InChI is InChI=1S/C16H17ClFNO/c1-3-15(11-4-6-12(17)7-5-11)19-13-8-9-16(20-2)14(18)10-13/h4-10,15,19H,3H2,1-2H3. The second-order valence-corrected chi connectivity index (χ2v) is 4.94. The number of nitrogens with one attached hydrogen (secondary N) is 1. The lowest BCUT2D eigenvalue weighted by Gasteiger charge is -2.19. The summed E-state index contributed by atoms with van der Waals surface area (Å²) in [6, 6.07) is 12.6. The number of benzene rings is 2. The SMILES string of the molecule is CCC(Nc1ccc(OC)c(F)c1)c1ccc(Cl)cc1. The normalized spacial score (nSPS) is 12.0. The minimum Gasteiger partial charge on any atom is -0.494 e. The van der Waals surface area contributed by atoms with Crippen molar-refractivity contribution >= 4 is 17.3 Å². The predicted octanol–water partition coefficient (Wildman–Crippen LogP) is 5.05. The molecule has 0 heterocycles. The number of ether oxygens (including phenoxy) is 1. The van der Waals surface area contributed by atoms with Crippen LogP contribution in [0.5, 0.6) is 5.75 Å². The van der Waals surface area contributed by atoms with Crippen LogP contribution in [0.25, 0.3) is 0 Å². The first-order chi connectivity index (χ1) is 9.63. The molecule has 0 aliphatic rings. The van der Waals surface area contributed by atoms with Crippen LogP contribution in [0.4, 0.5) is 10.1 Å². The number of anilines is 1. The maximum atomic E-state index is 13.7. The van der Waals surface area contributed by atoms with Gasteiger partial charge in [0.05, 0.1) is 13.2 Å². The van der Waals surface area contributed by atoms with Crippen LogP contribution in [-0.4, -0.2) is 7.11 Å². The Morgan fingerprint density at radius 1 is 1.20 bits per heavy atom. The van der Waals surface area contributed by atoms with E-state index in [1.165, 1.54) is 13.2 Å². The maximum absolute atomic E-state index is 13.7. The molecule has 1 atom stereocenters. The average Bonchev–Trinajstić information content (AvgIpc) is 2.46. The van der Waals surface area contributed by atoms with Gasteiger partial charge in [0.15, 0.2) is 11.6 Å². The van der Waals surface area contributed by atoms with Gasteiger partial charge >= 0.3 is 0 Å². The molecular weight excluding hydrogens is 277 g/mol. The Balaban J connectivity index is 2.17. The highest BCUT2D eigenvalue weighted by Crippen LogP contribution is 2.26. The first-order valence-electron chi connectivity index (χ1n) is 6.49. The van der Waals surface area contributed by atoms with E-state index in [1.54, 1.807) is 12.1 Å². The van der Waals surface area contributed by atoms with Gasteiger partial charge in [-0.1, -0.05) is 30.7 Å². The molecular formula is C16H17ClFNO. The maximum Gasteiger partial charge on any atom is 0.167 e. The molecule has 2 rings (SSSR count). The van der Waals surface area contributed by atoms with Crippen molar-refractivity contribution in [3.8, 4) is 5.75 Å². The van der Waals surface area contributed by atoms with Crippen LogP contribution in [0, 0.1) is 5.82 Å². The summed E-state index contributed by atoms with van der Waals surface area (Å²) in [6.45, 7) is 2.08. The van der Waals surface area contributed by atoms with E-state index in [0.717, 1.165) is 17.7 Å². The van der Waals surface area contributed by atoms with E-state index < -0.39 is 0 Å². The minimum atomic E-state index is -0.372. The van der Waals surface area contributed by atoms with E-state index in [-0.39, 0.29) is 17.6 Å². The van der Waals surface area contributed by atoms with Crippen LogP contribution in [0.3, 0.4) is 0 Å². The van der Waals surface area contributed by atoms with Crippen LogP contribution < -0.4 is 10.1 Å². The van der Waals surface area contributed by atoms with Crippen molar-refractivity contribution in [2.75, 3.05) is 12.4 Å². The van der Waals surface area contributed by atoms with Gasteiger partial charge in [-0.3, -0.25) is 0 Å². The zero-order valence-corrected chi connectivity index (χ0v) is 12.2. The van der Waals surface area contributed by atoms with Crippen LogP contribution in [0.1, 0.15) is 24.9 Å². The van der Waals surface area contributed by atoms with Crippen molar-refractivity contribution in [1.29, 1.82) is 0 Å². The molecule has 2 nitrogen and oxygen atoms in total. The van der Waals surface area contributed by atoms with E-state index in [4.69, 9.17) is 16.3 Å². The van der Waals surface area contributed by atoms with E-state index in [1.807, 2.05) is 24.3 Å². The highest BCUT2D eigenvalue weighted by Gasteiger charge is 2.10. The monoisotopic (exact) mass is 293 g/mol. The molecule has 0 radical (unpaired) electrons. The second kappa shape index (κ2) is 6.62. The summed E-state index contributed by atoms with van der Waals surface area (Å²) in [4.78, 5) is 0. The Morgan fingerprint density at radius 3 is 2.45 bits per heavy atom. The molecule has 4 heteroatoms. The summed E-state index contributed by atoms with van der Waals surface area (Å²) < 4.78 is 18.6. The highest BCUT2D eigenvalue weighted by atomic mass is 35.5. The topological polar surface area (TPSA) is 21.3 Å². The van der Waals surface area contributed by atoms with Crippen LogP contribution in [0.2, 0.25) is 5.02 Å². The average molecular weight is 294 g/mol. The lowest BCUT2D eigenvalue weighted by Crippen LogP contribution is -2.09. The number of rotatable bonds is 5. The van der Waals surface area contributed by atoms with E-state index in [2.05, 4.69) is 12.2 Å². The Bertz CT molecular complexity index is 571. The lowest BCUT2D eigenvalue weighted by atomic mass is 10.0. The van der Waals surface area contributed by atoms with Crippen molar-refractivity contribution < 1.29 is 9.13 Å². The van der Waals surface area contributed by atoms with Crippen molar-refractivity contribution in [2.24, 2.45) is 0 Å². The molecule has 20 heavy (non-hydrogen) atoms. The summed E-state index contributed by atoms with van der Waals surface area (Å²) in [5.41, 5.74) is 1.85. The van der Waals surface area contributed by atoms with Gasteiger partial charge in [0.2, 0.25) is 0 Å². The molecule has 2 aromatic carbocycles. The summed E-state index contributed by atoms with van der Waals surface area (Å²) in [5, 5.41) is 4.03. The van der Waals surface area contributed by atoms with E-state index >= 15 is 0 Å². The van der Waals surface area contributed by atoms with E-state index in [9.17, 15) is 4.39 Å². The third-order valence-electron chi connectivity index (χ3n) is 3.17. The molecule has 0 aliphatic heterocycles. The molecule has 0 aromatic heterocycles. The first-order valence-corrected chi connectivity index (χ1v) is 6.87. The third-order valence-corrected chi connectivity index (χ3v) is 3.43. The van der Waals surface area contributed by atoms with Crippen LogP contribution >= 0.6 is 11.6 Å². The first kappa shape index (κ1) is 14.7. The van der Waals surface area contributed by atoms with Gasteiger partial charge in [-0.2, -0.15) is 0 Å². The molecule has 106 valence electrons. The van der Waals surface area contributed by atoms with Gasteiger partial charge < -0.3 is 10.1 Å². The summed E-state index contributed by atoms with van der Waals surface area (Å²) in [5.74, 6) is -0.126. The molecule has 0 saturated carbocycles. The molecule has 0 spiro atoms. The molecule has 0 amide bonds. The molecule has 1 N–H and O–H groups in total. The number of hydrogen-bond acceptors (Lipinski definition) is 2. The quantitative estimate of drug-likeness (QED) is 0.833. The fraction of sp³-hybridized carbons (Fsp3) is 0.250. The molecule has 2 aromatic rings. The van der Waals surface area contributed by atoms with Crippen molar-refractivity contribution in [2.45, 2.75) is 19.4 Å². The largest absolute Gasteiger partial charge is 0.494 e. The smallest absolute Gasteiger partial charge is 0.167 e. The van der Waals surface area contributed by atoms with Crippen molar-refractivity contribution in [3.63, 3.8) is 0 Å². The molecule has 1 unspecified atom stereocenters. The van der Waals surface area contributed by atoms with Gasteiger partial charge in [-0.25, -0.2) is 4.39 Å². The van der Waals surface area contributed by atoms with Crippen molar-refractivity contribution in [1.82, 2.24) is 0 Å². The molecule has 0 fully saturated rings. The lowest BCUT2D eigenvalue weighted by molar-refractivity contribution is 0.386. The summed E-state index contributed by atoms with van der Waals surface area (Å²) in [7, 11) is 1.45. The Kier molecular flexibility index (Phi) is 4.85. The molecule has 0 bridgehead atoms. The van der Waals surface area contributed by atoms with Gasteiger partial charge in [0.25, 0.3) is 0 Å². The predicted molar refractivity (Wildman–Crippen MR) is 81.1 cm³/mol. The fourth-order valence-corrected chi connectivity index (χ4v) is 2.20. The zero-order chi connectivity index (χ0) is 14.5. The second-order valence-electron chi connectivity index (χ2n) is 4.51. The Hall–Kier alpha value is -1.74. The minimum absolute atomic E-state index is 0.111. The van der Waals surface area contributed by atoms with Crippen LogP contribution in [0.15, 0.2) is 42.5 Å². The van der Waals surface area contributed by atoms with Gasteiger partial charge in [-0.15, -0.1) is 0 Å². The number of methoxy groups -OCH3 is 1. The third kappa shape index (κ3) is 3.42.